The number of rotatable bonds is 3. The van der Waals surface area contributed by atoms with Gasteiger partial charge in [0.05, 0.1) is 2.88 Å². The molecule has 2 aromatic heterocycles. The van der Waals surface area contributed by atoms with Crippen LogP contribution in [0.5, 0.6) is 11.5 Å². The predicted octanol–water partition coefficient (Wildman–Crippen LogP) is 7.88. The number of ether oxygens (including phenoxy) is 2. The summed E-state index contributed by atoms with van der Waals surface area (Å²) in [5.74, 6) is 1.73. The quantitative estimate of drug-likeness (QED) is 0.214. The molecule has 5 aromatic rings. The summed E-state index contributed by atoms with van der Waals surface area (Å²) in [6.07, 6.45) is 2.05. The van der Waals surface area contributed by atoms with Crippen molar-refractivity contribution >= 4 is 65.4 Å². The van der Waals surface area contributed by atoms with Crippen LogP contribution in [0.3, 0.4) is 0 Å². The minimum atomic E-state index is 0.332. The van der Waals surface area contributed by atoms with Gasteiger partial charge in [-0.25, -0.2) is 0 Å². The fraction of sp³-hybridized carbons (Fsp3) is 0.120. The van der Waals surface area contributed by atoms with Crippen LogP contribution in [0.2, 0.25) is 0 Å². The average Bonchev–Trinajstić information content (AvgIpc) is 3.44. The van der Waals surface area contributed by atoms with E-state index in [1.165, 1.54) is 55.8 Å². The number of aryl methyl sites for hydroxylation is 2. The number of thiophene rings is 2. The minimum Gasteiger partial charge on any atom is -0.454 e. The highest BCUT2D eigenvalue weighted by Crippen LogP contribution is 2.55. The second-order valence-electron chi connectivity index (χ2n) is 7.75. The van der Waals surface area contributed by atoms with Crippen molar-refractivity contribution in [2.24, 2.45) is 0 Å². The van der Waals surface area contributed by atoms with Crippen molar-refractivity contribution in [3.8, 4) is 33.8 Å². The first-order valence-corrected chi connectivity index (χ1v) is 12.6. The molecule has 1 aliphatic carbocycles. The van der Waals surface area contributed by atoms with Gasteiger partial charge in [0.1, 0.15) is 0 Å². The molecule has 0 fully saturated rings. The van der Waals surface area contributed by atoms with Crippen LogP contribution in [0.4, 0.5) is 0 Å². The maximum Gasteiger partial charge on any atom is 0.231 e. The zero-order chi connectivity index (χ0) is 19.8. The molecule has 0 N–H and O–H groups in total. The monoisotopic (exact) mass is 538 g/mol. The Morgan fingerprint density at radius 3 is 2.30 bits per heavy atom. The van der Waals surface area contributed by atoms with Gasteiger partial charge in [0.2, 0.25) is 6.79 Å². The summed E-state index contributed by atoms with van der Waals surface area (Å²) in [7, 11) is 0. The topological polar surface area (TPSA) is 18.5 Å². The third-order valence-electron chi connectivity index (χ3n) is 6.06. The van der Waals surface area contributed by atoms with E-state index in [1.54, 1.807) is 0 Å². The average molecular weight is 538 g/mol. The van der Waals surface area contributed by atoms with E-state index in [2.05, 4.69) is 71.1 Å². The largest absolute Gasteiger partial charge is 0.454 e. The van der Waals surface area contributed by atoms with Gasteiger partial charge in [-0.05, 0) is 99.6 Å². The number of hydrogen-bond donors (Lipinski definition) is 0. The highest BCUT2D eigenvalue weighted by atomic mass is 127. The maximum atomic E-state index is 5.52. The molecule has 146 valence electrons. The summed E-state index contributed by atoms with van der Waals surface area (Å²) in [5.41, 5.74) is 7.01. The van der Waals surface area contributed by atoms with Gasteiger partial charge in [0.15, 0.2) is 11.5 Å². The van der Waals surface area contributed by atoms with E-state index in [0.29, 0.717) is 6.79 Å². The van der Waals surface area contributed by atoms with Gasteiger partial charge in [-0.2, -0.15) is 0 Å². The van der Waals surface area contributed by atoms with Crippen molar-refractivity contribution in [3.05, 3.63) is 67.9 Å². The Bertz CT molecular complexity index is 1490. The molecule has 3 heterocycles. The first-order chi connectivity index (χ1) is 14.7. The Morgan fingerprint density at radius 2 is 1.47 bits per heavy atom. The van der Waals surface area contributed by atoms with E-state index < -0.39 is 0 Å². The first-order valence-electron chi connectivity index (χ1n) is 9.91. The molecular weight excluding hydrogens is 523 g/mol. The molecule has 1 aliphatic heterocycles. The third kappa shape index (κ3) is 2.52. The number of benzene rings is 3. The van der Waals surface area contributed by atoms with Crippen molar-refractivity contribution in [1.82, 2.24) is 0 Å². The number of fused-ring (bicyclic) bond motifs is 9. The van der Waals surface area contributed by atoms with Gasteiger partial charge in [-0.1, -0.05) is 18.2 Å². The van der Waals surface area contributed by atoms with Crippen molar-refractivity contribution in [2.45, 2.75) is 12.8 Å². The standard InChI is InChI=1S/C25H15IO2S2/c26-23-11-18-22(30-23)8-5-16-24-15(25(16)18)4-7-21-17(24)10-14(29-21)3-1-13-2-6-19-20(9-13)28-12-27-19/h2,4-11H,1,3,12H2. The normalized spacial score (nSPS) is 13.5. The van der Waals surface area contributed by atoms with E-state index in [-0.39, 0.29) is 0 Å². The summed E-state index contributed by atoms with van der Waals surface area (Å²) in [6, 6.07) is 20.3. The molecule has 0 atom stereocenters. The second kappa shape index (κ2) is 6.45. The SMILES string of the molecule is Ic1cc2c3c(ccc2s1)-c1c-3ccc2sc(CCc3ccc4c(c3)OCO4)cc12. The molecule has 30 heavy (non-hydrogen) atoms. The van der Waals surface area contributed by atoms with Gasteiger partial charge in [0, 0.05) is 25.0 Å². The summed E-state index contributed by atoms with van der Waals surface area (Å²) in [6.45, 7) is 0.332. The molecule has 0 radical (unpaired) electrons. The number of halogens is 1. The van der Waals surface area contributed by atoms with Crippen molar-refractivity contribution < 1.29 is 9.47 Å². The summed E-state index contributed by atoms with van der Waals surface area (Å²) in [4.78, 5) is 1.44. The molecule has 5 heteroatoms. The van der Waals surface area contributed by atoms with E-state index in [4.69, 9.17) is 9.47 Å². The predicted molar refractivity (Wildman–Crippen MR) is 134 cm³/mol. The molecule has 2 aliphatic rings. The third-order valence-corrected chi connectivity index (χ3v) is 9.08. The lowest BCUT2D eigenvalue weighted by Crippen LogP contribution is -1.99. The van der Waals surface area contributed by atoms with Gasteiger partial charge in [-0.15, -0.1) is 22.7 Å². The zero-order valence-electron chi connectivity index (χ0n) is 15.8. The van der Waals surface area contributed by atoms with Crippen LogP contribution in [-0.2, 0) is 12.8 Å². The van der Waals surface area contributed by atoms with Crippen LogP contribution < -0.4 is 9.47 Å². The van der Waals surface area contributed by atoms with Gasteiger partial charge < -0.3 is 9.47 Å². The molecule has 0 spiro atoms. The van der Waals surface area contributed by atoms with Gasteiger partial charge in [0.25, 0.3) is 0 Å². The Morgan fingerprint density at radius 1 is 0.733 bits per heavy atom. The van der Waals surface area contributed by atoms with E-state index in [9.17, 15) is 0 Å². The first kappa shape index (κ1) is 17.6. The molecule has 2 nitrogen and oxygen atoms in total. The summed E-state index contributed by atoms with van der Waals surface area (Å²) in [5, 5.41) is 2.82. The Balaban J connectivity index is 1.23. The summed E-state index contributed by atoms with van der Waals surface area (Å²) >= 11 is 6.23. The molecule has 0 bridgehead atoms. The lowest BCUT2D eigenvalue weighted by molar-refractivity contribution is 0.174. The van der Waals surface area contributed by atoms with Crippen LogP contribution in [0, 0.1) is 2.88 Å². The highest BCUT2D eigenvalue weighted by Gasteiger charge is 2.28. The van der Waals surface area contributed by atoms with Crippen molar-refractivity contribution in [1.29, 1.82) is 0 Å². The van der Waals surface area contributed by atoms with E-state index >= 15 is 0 Å². The molecular formula is C25H15IO2S2. The molecule has 0 saturated heterocycles. The fourth-order valence-corrected chi connectivity index (χ4v) is 7.55. The van der Waals surface area contributed by atoms with Crippen molar-refractivity contribution in [3.63, 3.8) is 0 Å². The maximum absolute atomic E-state index is 5.52. The molecule has 0 saturated carbocycles. The van der Waals surface area contributed by atoms with Crippen LogP contribution in [-0.4, -0.2) is 6.79 Å². The molecule has 0 amide bonds. The lowest BCUT2D eigenvalue weighted by atomic mass is 9.77. The van der Waals surface area contributed by atoms with Crippen LogP contribution in [0.1, 0.15) is 10.4 Å². The lowest BCUT2D eigenvalue weighted by Gasteiger charge is -2.25. The molecule has 0 unspecified atom stereocenters. The molecule has 7 rings (SSSR count). The van der Waals surface area contributed by atoms with Gasteiger partial charge >= 0.3 is 0 Å². The van der Waals surface area contributed by atoms with Crippen molar-refractivity contribution in [2.75, 3.05) is 6.79 Å². The second-order valence-corrected chi connectivity index (χ2v) is 11.9. The molecule has 3 aromatic carbocycles. The highest BCUT2D eigenvalue weighted by molar-refractivity contribution is 14.1. The Kier molecular flexibility index (Phi) is 3.78. The summed E-state index contributed by atoms with van der Waals surface area (Å²) < 4.78 is 15.1. The van der Waals surface area contributed by atoms with E-state index in [1.807, 2.05) is 28.7 Å². The van der Waals surface area contributed by atoms with Crippen LogP contribution >= 0.6 is 45.3 Å². The Labute approximate surface area is 195 Å². The number of hydrogen-bond acceptors (Lipinski definition) is 4. The minimum absolute atomic E-state index is 0.332. The van der Waals surface area contributed by atoms with Gasteiger partial charge in [-0.3, -0.25) is 0 Å². The van der Waals surface area contributed by atoms with Crippen LogP contribution in [0.15, 0.2) is 54.6 Å². The Hall–Kier alpha value is -2.09. The fourth-order valence-electron chi connectivity index (χ4n) is 4.67. The zero-order valence-corrected chi connectivity index (χ0v) is 19.6. The smallest absolute Gasteiger partial charge is 0.231 e. The van der Waals surface area contributed by atoms with E-state index in [0.717, 1.165) is 24.3 Å². The van der Waals surface area contributed by atoms with Crippen LogP contribution in [0.25, 0.3) is 42.4 Å².